The Morgan fingerprint density at radius 2 is 1.33 bits per heavy atom. The van der Waals surface area contributed by atoms with Gasteiger partial charge in [0.25, 0.3) is 0 Å². The van der Waals surface area contributed by atoms with Crippen LogP contribution in [-0.2, 0) is 15.4 Å². The topological polar surface area (TPSA) is 21.7 Å². The average molecular weight is 251 g/mol. The van der Waals surface area contributed by atoms with E-state index < -0.39 is 5.60 Å². The first-order valence-electron chi connectivity index (χ1n) is 6.26. The van der Waals surface area contributed by atoms with Crippen LogP contribution in [0.3, 0.4) is 0 Å². The lowest BCUT2D eigenvalue weighted by Gasteiger charge is -2.29. The molecule has 0 fully saturated rings. The lowest BCUT2D eigenvalue weighted by Crippen LogP contribution is -2.28. The summed E-state index contributed by atoms with van der Waals surface area (Å²) in [6, 6.07) is 8.30. The summed E-state index contributed by atoms with van der Waals surface area (Å²) in [5.74, 6) is 0. The predicted molar refractivity (Wildman–Crippen MR) is 75.7 cm³/mol. The van der Waals surface area contributed by atoms with Crippen molar-refractivity contribution in [3.8, 4) is 0 Å². The molecule has 0 radical (unpaired) electrons. The van der Waals surface area contributed by atoms with Crippen molar-refractivity contribution in [2.75, 3.05) is 19.0 Å². The Morgan fingerprint density at radius 3 is 1.72 bits per heavy atom. The van der Waals surface area contributed by atoms with Gasteiger partial charge in [0.1, 0.15) is 5.60 Å². The first-order valence-corrected chi connectivity index (χ1v) is 6.26. The van der Waals surface area contributed by atoms with E-state index in [-0.39, 0.29) is 5.60 Å². The van der Waals surface area contributed by atoms with Crippen molar-refractivity contribution in [1.29, 1.82) is 0 Å². The monoisotopic (exact) mass is 251 g/mol. The number of hydrogen-bond acceptors (Lipinski definition) is 3. The Kier molecular flexibility index (Phi) is 4.41. The van der Waals surface area contributed by atoms with Crippen LogP contribution in [-0.4, -0.2) is 19.7 Å². The van der Waals surface area contributed by atoms with Gasteiger partial charge in [-0.15, -0.1) is 0 Å². The quantitative estimate of drug-likeness (QED) is 0.601. The van der Waals surface area contributed by atoms with Crippen LogP contribution in [0.15, 0.2) is 24.3 Å². The molecule has 1 aromatic rings. The third-order valence-electron chi connectivity index (χ3n) is 2.58. The fourth-order valence-electron chi connectivity index (χ4n) is 1.44. The molecule has 0 aliphatic carbocycles. The molecule has 0 saturated heterocycles. The van der Waals surface area contributed by atoms with Crippen molar-refractivity contribution in [3.63, 3.8) is 0 Å². The Balaban J connectivity index is 2.78. The minimum atomic E-state index is -0.460. The standard InChI is InChI=1S/C15H25NO2/c1-14(2,3)17-18-15(4,5)12-8-10-13(11-9-12)16(6)7/h8-11H,1-7H3. The third kappa shape index (κ3) is 4.31. The van der Waals surface area contributed by atoms with Gasteiger partial charge in [0.15, 0.2) is 0 Å². The first-order chi connectivity index (χ1) is 8.12. The van der Waals surface area contributed by atoms with E-state index in [9.17, 15) is 0 Å². The van der Waals surface area contributed by atoms with Gasteiger partial charge in [0.2, 0.25) is 0 Å². The normalized spacial score (nSPS) is 12.6. The summed E-state index contributed by atoms with van der Waals surface area (Å²) in [6.07, 6.45) is 0. The van der Waals surface area contributed by atoms with E-state index in [0.29, 0.717) is 0 Å². The van der Waals surface area contributed by atoms with Crippen molar-refractivity contribution < 1.29 is 9.78 Å². The zero-order valence-electron chi connectivity index (χ0n) is 12.6. The second kappa shape index (κ2) is 5.29. The number of nitrogens with zero attached hydrogens (tertiary/aromatic N) is 1. The van der Waals surface area contributed by atoms with Crippen LogP contribution in [0, 0.1) is 0 Å². The largest absolute Gasteiger partial charge is 0.378 e. The van der Waals surface area contributed by atoms with E-state index >= 15 is 0 Å². The van der Waals surface area contributed by atoms with E-state index in [0.717, 1.165) is 5.56 Å². The Labute approximate surface area is 111 Å². The highest BCUT2D eigenvalue weighted by Gasteiger charge is 2.25. The smallest absolute Gasteiger partial charge is 0.123 e. The summed E-state index contributed by atoms with van der Waals surface area (Å²) in [4.78, 5) is 13.1. The molecule has 0 spiro atoms. The van der Waals surface area contributed by atoms with E-state index in [1.54, 1.807) is 0 Å². The van der Waals surface area contributed by atoms with Crippen LogP contribution in [0.25, 0.3) is 0 Å². The fraction of sp³-hybridized carbons (Fsp3) is 0.600. The van der Waals surface area contributed by atoms with Crippen molar-refractivity contribution in [1.82, 2.24) is 0 Å². The number of anilines is 1. The Bertz CT molecular complexity index is 374. The molecule has 0 N–H and O–H groups in total. The van der Waals surface area contributed by atoms with Gasteiger partial charge >= 0.3 is 0 Å². The van der Waals surface area contributed by atoms with Gasteiger partial charge in [-0.2, -0.15) is 0 Å². The third-order valence-corrected chi connectivity index (χ3v) is 2.58. The molecule has 0 aliphatic rings. The maximum absolute atomic E-state index is 5.57. The predicted octanol–water partition coefficient (Wildman–Crippen LogP) is 3.73. The summed E-state index contributed by atoms with van der Waals surface area (Å²) in [6.45, 7) is 9.92. The lowest BCUT2D eigenvalue weighted by molar-refractivity contribution is -0.401. The highest BCUT2D eigenvalue weighted by molar-refractivity contribution is 5.46. The molecule has 18 heavy (non-hydrogen) atoms. The zero-order chi connectivity index (χ0) is 14.0. The molecule has 3 heteroatoms. The van der Waals surface area contributed by atoms with E-state index in [1.807, 2.05) is 48.7 Å². The molecule has 102 valence electrons. The van der Waals surface area contributed by atoms with Crippen LogP contribution in [0.1, 0.15) is 40.2 Å². The van der Waals surface area contributed by atoms with Crippen LogP contribution in [0.4, 0.5) is 5.69 Å². The first kappa shape index (κ1) is 15.0. The highest BCUT2D eigenvalue weighted by Crippen LogP contribution is 2.28. The Morgan fingerprint density at radius 1 is 0.833 bits per heavy atom. The SMILES string of the molecule is CN(C)c1ccc(C(C)(C)OOC(C)(C)C)cc1. The molecule has 0 heterocycles. The summed E-state index contributed by atoms with van der Waals surface area (Å²) < 4.78 is 0. The molecule has 0 unspecified atom stereocenters. The van der Waals surface area contributed by atoms with Gasteiger partial charge in [-0.25, -0.2) is 9.78 Å². The second-order valence-electron chi connectivity index (χ2n) is 6.23. The van der Waals surface area contributed by atoms with Gasteiger partial charge < -0.3 is 4.90 Å². The van der Waals surface area contributed by atoms with Crippen molar-refractivity contribution in [2.24, 2.45) is 0 Å². The number of hydrogen-bond donors (Lipinski definition) is 0. The summed E-state index contributed by atoms with van der Waals surface area (Å²) in [5.41, 5.74) is 1.50. The maximum Gasteiger partial charge on any atom is 0.123 e. The number of benzene rings is 1. The van der Waals surface area contributed by atoms with Gasteiger partial charge in [0.05, 0.1) is 5.60 Å². The molecule has 0 aliphatic heterocycles. The Hall–Kier alpha value is -1.06. The van der Waals surface area contributed by atoms with Crippen LogP contribution >= 0.6 is 0 Å². The lowest BCUT2D eigenvalue weighted by atomic mass is 9.98. The van der Waals surface area contributed by atoms with Gasteiger partial charge in [-0.3, -0.25) is 0 Å². The van der Waals surface area contributed by atoms with Crippen molar-refractivity contribution >= 4 is 5.69 Å². The van der Waals surface area contributed by atoms with Crippen LogP contribution in [0.5, 0.6) is 0 Å². The van der Waals surface area contributed by atoms with E-state index in [1.165, 1.54) is 5.69 Å². The molecule has 1 aromatic carbocycles. The van der Waals surface area contributed by atoms with Crippen LogP contribution in [0.2, 0.25) is 0 Å². The average Bonchev–Trinajstić information content (AvgIpc) is 2.26. The molecule has 3 nitrogen and oxygen atoms in total. The maximum atomic E-state index is 5.57. The van der Waals surface area contributed by atoms with Crippen molar-refractivity contribution in [2.45, 2.75) is 45.8 Å². The van der Waals surface area contributed by atoms with Gasteiger partial charge in [0, 0.05) is 19.8 Å². The van der Waals surface area contributed by atoms with Gasteiger partial charge in [-0.05, 0) is 52.3 Å². The molecule has 0 aromatic heterocycles. The molecule has 0 amide bonds. The number of rotatable bonds is 4. The van der Waals surface area contributed by atoms with E-state index in [2.05, 4.69) is 29.2 Å². The van der Waals surface area contributed by atoms with E-state index in [4.69, 9.17) is 9.78 Å². The minimum absolute atomic E-state index is 0.305. The van der Waals surface area contributed by atoms with Gasteiger partial charge in [-0.1, -0.05) is 12.1 Å². The second-order valence-corrected chi connectivity index (χ2v) is 6.23. The van der Waals surface area contributed by atoms with Crippen molar-refractivity contribution in [3.05, 3.63) is 29.8 Å². The molecule has 1 rings (SSSR count). The molecule has 0 saturated carbocycles. The minimum Gasteiger partial charge on any atom is -0.378 e. The molecular weight excluding hydrogens is 226 g/mol. The summed E-state index contributed by atoms with van der Waals surface area (Å²) in [5, 5.41) is 0. The van der Waals surface area contributed by atoms with Crippen LogP contribution < -0.4 is 4.90 Å². The molecular formula is C15H25NO2. The highest BCUT2D eigenvalue weighted by atomic mass is 17.2. The summed E-state index contributed by atoms with van der Waals surface area (Å²) in [7, 11) is 4.05. The molecule has 0 bridgehead atoms. The fourth-order valence-corrected chi connectivity index (χ4v) is 1.44. The summed E-state index contributed by atoms with van der Waals surface area (Å²) >= 11 is 0. The zero-order valence-corrected chi connectivity index (χ0v) is 12.6. The molecule has 0 atom stereocenters.